The van der Waals surface area contributed by atoms with Gasteiger partial charge in [-0.25, -0.2) is 0 Å². The molecule has 0 heterocycles. The first-order chi connectivity index (χ1) is 8.61. The van der Waals surface area contributed by atoms with Gasteiger partial charge >= 0.3 is 0 Å². The Morgan fingerprint density at radius 2 is 1.83 bits per heavy atom. The second kappa shape index (κ2) is 8.25. The Morgan fingerprint density at radius 1 is 1.17 bits per heavy atom. The molecule has 0 aliphatic rings. The summed E-state index contributed by atoms with van der Waals surface area (Å²) in [7, 11) is 1.73. The molecule has 1 aromatic rings. The van der Waals surface area contributed by atoms with E-state index < -0.39 is 0 Å². The second-order valence-electron chi connectivity index (χ2n) is 4.97. The lowest BCUT2D eigenvalue weighted by molar-refractivity contribution is 0.198. The number of rotatable bonds is 8. The van der Waals surface area contributed by atoms with E-state index in [1.165, 1.54) is 16.7 Å². The molecule has 1 rings (SSSR count). The van der Waals surface area contributed by atoms with Crippen LogP contribution in [-0.2, 0) is 11.3 Å². The van der Waals surface area contributed by atoms with E-state index in [4.69, 9.17) is 4.74 Å². The molecular weight excluding hydrogens is 224 g/mol. The van der Waals surface area contributed by atoms with Crippen molar-refractivity contribution in [2.75, 3.05) is 26.8 Å². The number of nitrogens with one attached hydrogen (secondary N) is 2. The first-order valence-corrected chi connectivity index (χ1v) is 6.62. The maximum Gasteiger partial charge on any atom is 0.0587 e. The van der Waals surface area contributed by atoms with Crippen molar-refractivity contribution in [1.82, 2.24) is 10.6 Å². The van der Waals surface area contributed by atoms with Crippen LogP contribution in [0.5, 0.6) is 0 Å². The maximum atomic E-state index is 5.00. The molecule has 1 unspecified atom stereocenters. The van der Waals surface area contributed by atoms with Crippen LogP contribution in [0.15, 0.2) is 18.2 Å². The second-order valence-corrected chi connectivity index (χ2v) is 4.97. The molecule has 2 N–H and O–H groups in total. The summed E-state index contributed by atoms with van der Waals surface area (Å²) in [6.45, 7) is 10.1. The quantitative estimate of drug-likeness (QED) is 0.693. The van der Waals surface area contributed by atoms with E-state index in [9.17, 15) is 0 Å². The largest absolute Gasteiger partial charge is 0.383 e. The van der Waals surface area contributed by atoms with Crippen molar-refractivity contribution in [2.24, 2.45) is 0 Å². The lowest BCUT2D eigenvalue weighted by Gasteiger charge is -2.15. The summed E-state index contributed by atoms with van der Waals surface area (Å²) >= 11 is 0. The van der Waals surface area contributed by atoms with Gasteiger partial charge in [0.25, 0.3) is 0 Å². The minimum Gasteiger partial charge on any atom is -0.383 e. The van der Waals surface area contributed by atoms with Crippen LogP contribution in [0.1, 0.15) is 23.6 Å². The average molecular weight is 250 g/mol. The minimum atomic E-state index is 0.461. The van der Waals surface area contributed by atoms with E-state index in [0.717, 1.165) is 26.2 Å². The fourth-order valence-corrected chi connectivity index (χ4v) is 2.03. The first-order valence-electron chi connectivity index (χ1n) is 6.62. The first kappa shape index (κ1) is 15.2. The van der Waals surface area contributed by atoms with Gasteiger partial charge in [-0.15, -0.1) is 0 Å². The van der Waals surface area contributed by atoms with Crippen LogP contribution in [0.25, 0.3) is 0 Å². The summed E-state index contributed by atoms with van der Waals surface area (Å²) in [6, 6.07) is 7.15. The third kappa shape index (κ3) is 6.15. The minimum absolute atomic E-state index is 0.461. The Balaban J connectivity index is 2.26. The van der Waals surface area contributed by atoms with Gasteiger partial charge in [-0.1, -0.05) is 29.3 Å². The zero-order valence-electron chi connectivity index (χ0n) is 12.0. The van der Waals surface area contributed by atoms with Crippen LogP contribution in [0.4, 0.5) is 0 Å². The Labute approximate surface area is 111 Å². The molecule has 1 aromatic carbocycles. The SMILES string of the molecule is COCCNCC(C)NCc1cc(C)cc(C)c1. The van der Waals surface area contributed by atoms with Crippen LogP contribution in [-0.4, -0.2) is 32.8 Å². The summed E-state index contributed by atoms with van der Waals surface area (Å²) in [6.07, 6.45) is 0. The van der Waals surface area contributed by atoms with Crippen LogP contribution in [0, 0.1) is 13.8 Å². The van der Waals surface area contributed by atoms with Gasteiger partial charge in [-0.05, 0) is 26.3 Å². The Morgan fingerprint density at radius 3 is 2.44 bits per heavy atom. The number of benzene rings is 1. The van der Waals surface area contributed by atoms with E-state index in [1.807, 2.05) is 0 Å². The molecule has 0 saturated heterocycles. The zero-order valence-corrected chi connectivity index (χ0v) is 12.0. The molecule has 0 radical (unpaired) electrons. The standard InChI is InChI=1S/C15H26N2O/c1-12-7-13(2)9-15(8-12)11-17-14(3)10-16-5-6-18-4/h7-9,14,16-17H,5-6,10-11H2,1-4H3. The van der Waals surface area contributed by atoms with Gasteiger partial charge < -0.3 is 15.4 Å². The van der Waals surface area contributed by atoms with Gasteiger partial charge in [-0.2, -0.15) is 0 Å². The van der Waals surface area contributed by atoms with Crippen LogP contribution >= 0.6 is 0 Å². The topological polar surface area (TPSA) is 33.3 Å². The molecule has 0 fully saturated rings. The number of hydrogen-bond donors (Lipinski definition) is 2. The third-order valence-electron chi connectivity index (χ3n) is 2.87. The van der Waals surface area contributed by atoms with Crippen molar-refractivity contribution in [3.8, 4) is 0 Å². The van der Waals surface area contributed by atoms with Crippen molar-refractivity contribution < 1.29 is 4.74 Å². The average Bonchev–Trinajstić information content (AvgIpc) is 2.31. The fourth-order valence-electron chi connectivity index (χ4n) is 2.03. The monoisotopic (exact) mass is 250 g/mol. The van der Waals surface area contributed by atoms with Crippen molar-refractivity contribution in [3.05, 3.63) is 34.9 Å². The Hall–Kier alpha value is -0.900. The number of methoxy groups -OCH3 is 1. The molecule has 3 heteroatoms. The summed E-state index contributed by atoms with van der Waals surface area (Å²) in [5.74, 6) is 0. The summed E-state index contributed by atoms with van der Waals surface area (Å²) in [5, 5.41) is 6.88. The highest BCUT2D eigenvalue weighted by atomic mass is 16.5. The summed E-state index contributed by atoms with van der Waals surface area (Å²) < 4.78 is 5.00. The van der Waals surface area contributed by atoms with E-state index in [-0.39, 0.29) is 0 Å². The van der Waals surface area contributed by atoms with Gasteiger partial charge in [0.05, 0.1) is 6.61 Å². The third-order valence-corrected chi connectivity index (χ3v) is 2.87. The van der Waals surface area contributed by atoms with E-state index in [0.29, 0.717) is 6.04 Å². The predicted octanol–water partition coefficient (Wildman–Crippen LogP) is 2.02. The van der Waals surface area contributed by atoms with Gasteiger partial charge in [-0.3, -0.25) is 0 Å². The van der Waals surface area contributed by atoms with Crippen molar-refractivity contribution in [2.45, 2.75) is 33.4 Å². The smallest absolute Gasteiger partial charge is 0.0587 e. The molecule has 18 heavy (non-hydrogen) atoms. The number of aryl methyl sites for hydroxylation is 2. The Kier molecular flexibility index (Phi) is 6.94. The molecule has 102 valence electrons. The lowest BCUT2D eigenvalue weighted by Crippen LogP contribution is -2.37. The highest BCUT2D eigenvalue weighted by Crippen LogP contribution is 2.08. The molecule has 0 bridgehead atoms. The van der Waals surface area contributed by atoms with Crippen molar-refractivity contribution in [3.63, 3.8) is 0 Å². The molecule has 0 spiro atoms. The summed E-state index contributed by atoms with van der Waals surface area (Å²) in [4.78, 5) is 0. The molecule has 0 amide bonds. The molecule has 1 atom stereocenters. The lowest BCUT2D eigenvalue weighted by atomic mass is 10.1. The molecule has 0 aliphatic heterocycles. The van der Waals surface area contributed by atoms with Crippen molar-refractivity contribution >= 4 is 0 Å². The number of hydrogen-bond acceptors (Lipinski definition) is 3. The van der Waals surface area contributed by atoms with Crippen LogP contribution < -0.4 is 10.6 Å². The molecule has 0 saturated carbocycles. The van der Waals surface area contributed by atoms with Crippen molar-refractivity contribution in [1.29, 1.82) is 0 Å². The Bertz CT molecular complexity index is 332. The van der Waals surface area contributed by atoms with Gasteiger partial charge in [0.1, 0.15) is 0 Å². The normalized spacial score (nSPS) is 12.7. The van der Waals surface area contributed by atoms with E-state index in [2.05, 4.69) is 49.6 Å². The molecule has 0 aliphatic carbocycles. The molecule has 3 nitrogen and oxygen atoms in total. The van der Waals surface area contributed by atoms with E-state index in [1.54, 1.807) is 7.11 Å². The van der Waals surface area contributed by atoms with Gasteiger partial charge in [0, 0.05) is 32.8 Å². The highest BCUT2D eigenvalue weighted by Gasteiger charge is 2.01. The highest BCUT2D eigenvalue weighted by molar-refractivity contribution is 5.28. The molecular formula is C15H26N2O. The van der Waals surface area contributed by atoms with Gasteiger partial charge in [0.15, 0.2) is 0 Å². The van der Waals surface area contributed by atoms with Crippen LogP contribution in [0.2, 0.25) is 0 Å². The molecule has 0 aromatic heterocycles. The predicted molar refractivity (Wildman–Crippen MR) is 77.0 cm³/mol. The van der Waals surface area contributed by atoms with Gasteiger partial charge in [0.2, 0.25) is 0 Å². The summed E-state index contributed by atoms with van der Waals surface area (Å²) in [5.41, 5.74) is 4.02. The van der Waals surface area contributed by atoms with Crippen LogP contribution in [0.3, 0.4) is 0 Å². The van der Waals surface area contributed by atoms with E-state index >= 15 is 0 Å². The fraction of sp³-hybridized carbons (Fsp3) is 0.600. The maximum absolute atomic E-state index is 5.00. The zero-order chi connectivity index (χ0) is 13.4. The number of ether oxygens (including phenoxy) is 1.